The van der Waals surface area contributed by atoms with Crippen LogP contribution in [-0.2, 0) is 16.0 Å². The van der Waals surface area contributed by atoms with Gasteiger partial charge in [-0.05, 0) is 35.9 Å². The van der Waals surface area contributed by atoms with Gasteiger partial charge in [-0.15, -0.1) is 0 Å². The molecule has 1 heterocycles. The molecule has 5 heteroatoms. The first kappa shape index (κ1) is 15.8. The maximum atomic E-state index is 12.1. The predicted octanol–water partition coefficient (Wildman–Crippen LogP) is 3.36. The first-order chi connectivity index (χ1) is 11.2. The van der Waals surface area contributed by atoms with Gasteiger partial charge in [-0.25, -0.2) is 0 Å². The second kappa shape index (κ2) is 7.49. The molecule has 0 atom stereocenters. The van der Waals surface area contributed by atoms with E-state index in [2.05, 4.69) is 10.2 Å². The third-order valence-corrected chi connectivity index (χ3v) is 4.20. The smallest absolute Gasteiger partial charge is 0.228 e. The molecule has 1 fully saturated rings. The van der Waals surface area contributed by atoms with Gasteiger partial charge in [0.15, 0.2) is 0 Å². The fourth-order valence-corrected chi connectivity index (χ4v) is 2.80. The predicted molar refractivity (Wildman–Crippen MR) is 93.3 cm³/mol. The zero-order valence-corrected chi connectivity index (χ0v) is 13.6. The summed E-state index contributed by atoms with van der Waals surface area (Å²) in [6, 6.07) is 15.3. The average molecular weight is 331 g/mol. The summed E-state index contributed by atoms with van der Waals surface area (Å²) >= 11 is 6.08. The molecule has 0 spiro atoms. The van der Waals surface area contributed by atoms with Gasteiger partial charge >= 0.3 is 0 Å². The van der Waals surface area contributed by atoms with Gasteiger partial charge in [0, 0.05) is 29.5 Å². The van der Waals surface area contributed by atoms with Gasteiger partial charge in [-0.1, -0.05) is 29.8 Å². The van der Waals surface area contributed by atoms with Gasteiger partial charge in [0.25, 0.3) is 0 Å². The summed E-state index contributed by atoms with van der Waals surface area (Å²) in [5, 5.41) is 3.52. The molecule has 1 aliphatic rings. The van der Waals surface area contributed by atoms with Crippen LogP contribution in [0.25, 0.3) is 0 Å². The van der Waals surface area contributed by atoms with Gasteiger partial charge in [0.1, 0.15) is 0 Å². The van der Waals surface area contributed by atoms with E-state index in [9.17, 15) is 4.79 Å². The van der Waals surface area contributed by atoms with Crippen molar-refractivity contribution in [2.75, 3.05) is 36.5 Å². The molecule has 0 aromatic heterocycles. The highest BCUT2D eigenvalue weighted by molar-refractivity contribution is 6.31. The standard InChI is InChI=1S/C18H19ClN2O2/c19-17-4-2-1-3-14(17)13-18(22)20-15-5-7-16(8-6-15)21-9-11-23-12-10-21/h1-8H,9-13H2,(H,20,22). The second-order valence-electron chi connectivity index (χ2n) is 5.46. The molecule has 1 saturated heterocycles. The van der Waals surface area contributed by atoms with Crippen molar-refractivity contribution in [1.82, 2.24) is 0 Å². The van der Waals surface area contributed by atoms with Crippen LogP contribution in [0, 0.1) is 0 Å². The third-order valence-electron chi connectivity index (χ3n) is 3.84. The lowest BCUT2D eigenvalue weighted by Gasteiger charge is -2.28. The molecule has 4 nitrogen and oxygen atoms in total. The summed E-state index contributed by atoms with van der Waals surface area (Å²) < 4.78 is 5.35. The summed E-state index contributed by atoms with van der Waals surface area (Å²) in [5.41, 5.74) is 2.77. The quantitative estimate of drug-likeness (QED) is 0.934. The van der Waals surface area contributed by atoms with E-state index in [1.165, 1.54) is 0 Å². The highest BCUT2D eigenvalue weighted by atomic mass is 35.5. The van der Waals surface area contributed by atoms with Crippen molar-refractivity contribution in [3.05, 3.63) is 59.1 Å². The Hall–Kier alpha value is -2.04. The second-order valence-corrected chi connectivity index (χ2v) is 5.87. The van der Waals surface area contributed by atoms with Gasteiger partial charge in [0.05, 0.1) is 19.6 Å². The zero-order valence-electron chi connectivity index (χ0n) is 12.8. The normalized spacial score (nSPS) is 14.6. The molecule has 1 aliphatic heterocycles. The van der Waals surface area contributed by atoms with Crippen molar-refractivity contribution >= 4 is 28.9 Å². The Labute approximate surface area is 141 Å². The molecule has 120 valence electrons. The summed E-state index contributed by atoms with van der Waals surface area (Å²) in [4.78, 5) is 14.4. The van der Waals surface area contributed by atoms with Gasteiger partial charge in [0.2, 0.25) is 5.91 Å². The molecule has 3 rings (SSSR count). The number of carbonyl (C=O) groups is 1. The van der Waals surface area contributed by atoms with Crippen LogP contribution in [0.4, 0.5) is 11.4 Å². The molecule has 2 aromatic carbocycles. The van der Waals surface area contributed by atoms with E-state index in [1.807, 2.05) is 42.5 Å². The molecule has 0 saturated carbocycles. The van der Waals surface area contributed by atoms with Crippen LogP contribution < -0.4 is 10.2 Å². The van der Waals surface area contributed by atoms with Gasteiger partial charge in [-0.2, -0.15) is 0 Å². The Kier molecular flexibility index (Phi) is 5.16. The lowest BCUT2D eigenvalue weighted by molar-refractivity contribution is -0.115. The molecule has 0 aliphatic carbocycles. The highest BCUT2D eigenvalue weighted by Gasteiger charge is 2.11. The number of ether oxygens (including phenoxy) is 1. The minimum absolute atomic E-state index is 0.0720. The number of amides is 1. The molecule has 23 heavy (non-hydrogen) atoms. The van der Waals surface area contributed by atoms with Crippen molar-refractivity contribution in [2.24, 2.45) is 0 Å². The fraction of sp³-hybridized carbons (Fsp3) is 0.278. The number of anilines is 2. The third kappa shape index (κ3) is 4.24. The number of nitrogens with zero attached hydrogens (tertiary/aromatic N) is 1. The number of nitrogens with one attached hydrogen (secondary N) is 1. The monoisotopic (exact) mass is 330 g/mol. The van der Waals surface area contributed by atoms with E-state index in [0.717, 1.165) is 43.2 Å². The van der Waals surface area contributed by atoms with Crippen molar-refractivity contribution in [2.45, 2.75) is 6.42 Å². The van der Waals surface area contributed by atoms with E-state index in [-0.39, 0.29) is 12.3 Å². The van der Waals surface area contributed by atoms with Crippen molar-refractivity contribution < 1.29 is 9.53 Å². The maximum Gasteiger partial charge on any atom is 0.228 e. The lowest BCUT2D eigenvalue weighted by Crippen LogP contribution is -2.36. The van der Waals surface area contributed by atoms with Crippen LogP contribution in [0.15, 0.2) is 48.5 Å². The molecule has 2 aromatic rings. The van der Waals surface area contributed by atoms with Crippen LogP contribution in [-0.4, -0.2) is 32.2 Å². The molecular formula is C18H19ClN2O2. The Bertz CT molecular complexity index is 667. The maximum absolute atomic E-state index is 12.1. The molecule has 0 radical (unpaired) electrons. The van der Waals surface area contributed by atoms with Crippen LogP contribution in [0.1, 0.15) is 5.56 Å². The van der Waals surface area contributed by atoms with E-state index in [1.54, 1.807) is 6.07 Å². The molecule has 0 bridgehead atoms. The number of hydrogen-bond donors (Lipinski definition) is 1. The summed E-state index contributed by atoms with van der Waals surface area (Å²) in [7, 11) is 0. The molecular weight excluding hydrogens is 312 g/mol. The summed E-state index contributed by atoms with van der Waals surface area (Å²) in [5.74, 6) is -0.0720. The summed E-state index contributed by atoms with van der Waals surface area (Å²) in [6.07, 6.45) is 0.269. The van der Waals surface area contributed by atoms with E-state index < -0.39 is 0 Å². The van der Waals surface area contributed by atoms with Crippen molar-refractivity contribution in [3.8, 4) is 0 Å². The van der Waals surface area contributed by atoms with Crippen molar-refractivity contribution in [3.63, 3.8) is 0 Å². The number of rotatable bonds is 4. The van der Waals surface area contributed by atoms with Crippen LogP contribution in [0.3, 0.4) is 0 Å². The van der Waals surface area contributed by atoms with Crippen LogP contribution in [0.2, 0.25) is 5.02 Å². The van der Waals surface area contributed by atoms with Crippen molar-refractivity contribution in [1.29, 1.82) is 0 Å². The largest absolute Gasteiger partial charge is 0.378 e. The molecule has 1 N–H and O–H groups in total. The Morgan fingerprint density at radius 1 is 1.09 bits per heavy atom. The minimum Gasteiger partial charge on any atom is -0.378 e. The zero-order chi connectivity index (χ0) is 16.1. The van der Waals surface area contributed by atoms with Crippen LogP contribution in [0.5, 0.6) is 0 Å². The minimum atomic E-state index is -0.0720. The average Bonchev–Trinajstić information content (AvgIpc) is 2.58. The number of benzene rings is 2. The number of carbonyl (C=O) groups excluding carboxylic acids is 1. The van der Waals surface area contributed by atoms with Crippen LogP contribution >= 0.6 is 11.6 Å². The van der Waals surface area contributed by atoms with E-state index in [4.69, 9.17) is 16.3 Å². The Morgan fingerprint density at radius 2 is 1.78 bits per heavy atom. The van der Waals surface area contributed by atoms with E-state index in [0.29, 0.717) is 5.02 Å². The first-order valence-corrected chi connectivity index (χ1v) is 8.06. The number of halogens is 1. The van der Waals surface area contributed by atoms with Gasteiger partial charge in [-0.3, -0.25) is 4.79 Å². The number of morpholine rings is 1. The summed E-state index contributed by atoms with van der Waals surface area (Å²) in [6.45, 7) is 3.32. The highest BCUT2D eigenvalue weighted by Crippen LogP contribution is 2.20. The van der Waals surface area contributed by atoms with Gasteiger partial charge < -0.3 is 15.0 Å². The lowest BCUT2D eigenvalue weighted by atomic mass is 10.1. The molecule has 1 amide bonds. The topological polar surface area (TPSA) is 41.6 Å². The SMILES string of the molecule is O=C(Cc1ccccc1Cl)Nc1ccc(N2CCOCC2)cc1. The first-order valence-electron chi connectivity index (χ1n) is 7.68. The van der Waals surface area contributed by atoms with E-state index >= 15 is 0 Å². The Balaban J connectivity index is 1.59. The Morgan fingerprint density at radius 3 is 2.48 bits per heavy atom. The molecule has 0 unspecified atom stereocenters. The number of hydrogen-bond acceptors (Lipinski definition) is 3. The fourth-order valence-electron chi connectivity index (χ4n) is 2.60.